The van der Waals surface area contributed by atoms with Crippen LogP contribution in [0.1, 0.15) is 50.9 Å². The monoisotopic (exact) mass is 496 g/mol. The Morgan fingerprint density at radius 2 is 1.97 bits per heavy atom. The van der Waals surface area contributed by atoms with Crippen molar-refractivity contribution in [3.05, 3.63) is 63.1 Å². The van der Waals surface area contributed by atoms with Crippen LogP contribution in [0.5, 0.6) is 0 Å². The molecule has 192 valence electrons. The van der Waals surface area contributed by atoms with Gasteiger partial charge >= 0.3 is 5.97 Å². The molecule has 1 saturated heterocycles. The highest BCUT2D eigenvalue weighted by atomic mass is 16.6. The molecule has 1 N–H and O–H groups in total. The van der Waals surface area contributed by atoms with Crippen molar-refractivity contribution in [2.45, 2.75) is 46.2 Å². The lowest BCUT2D eigenvalue weighted by molar-refractivity contribution is -0.384. The fraction of sp³-hybridized carbons (Fsp3) is 0.480. The van der Waals surface area contributed by atoms with Crippen LogP contribution < -0.4 is 5.32 Å². The Labute approximate surface area is 209 Å². The number of esters is 1. The van der Waals surface area contributed by atoms with E-state index in [1.807, 2.05) is 16.4 Å². The summed E-state index contributed by atoms with van der Waals surface area (Å²) in [6.45, 7) is 9.08. The molecule has 0 radical (unpaired) electrons. The zero-order chi connectivity index (χ0) is 25.8. The first-order chi connectivity index (χ1) is 17.3. The summed E-state index contributed by atoms with van der Waals surface area (Å²) < 4.78 is 7.29. The van der Waals surface area contributed by atoms with Gasteiger partial charge in [-0.3, -0.25) is 19.8 Å². The van der Waals surface area contributed by atoms with E-state index in [4.69, 9.17) is 4.74 Å². The van der Waals surface area contributed by atoms with E-state index < -0.39 is 16.9 Å². The quantitative estimate of drug-likeness (QED) is 0.336. The minimum Gasteiger partial charge on any atom is -0.463 e. The molecule has 1 atom stereocenters. The molecule has 0 aliphatic carbocycles. The summed E-state index contributed by atoms with van der Waals surface area (Å²) in [6, 6.07) is 5.69. The third kappa shape index (κ3) is 5.11. The number of non-ortho nitro benzene ring substituents is 1. The number of aromatic nitrogens is 2. The van der Waals surface area contributed by atoms with E-state index in [0.717, 1.165) is 25.2 Å². The van der Waals surface area contributed by atoms with Gasteiger partial charge in [0, 0.05) is 57.0 Å². The molecule has 1 aromatic carbocycles. The molecular weight excluding hydrogens is 464 g/mol. The molecule has 2 aliphatic heterocycles. The number of benzene rings is 1. The number of carbonyl (C=O) groups excluding carboxylic acids is 2. The lowest BCUT2D eigenvalue weighted by atomic mass is 9.94. The van der Waals surface area contributed by atoms with Gasteiger partial charge in [-0.05, 0) is 25.8 Å². The molecule has 11 nitrogen and oxygen atoms in total. The molecule has 1 fully saturated rings. The summed E-state index contributed by atoms with van der Waals surface area (Å²) in [5.41, 5.74) is 2.39. The smallest absolute Gasteiger partial charge is 0.338 e. The van der Waals surface area contributed by atoms with Gasteiger partial charge in [0.1, 0.15) is 0 Å². The number of nitrogens with one attached hydrogen (secondary N) is 1. The third-order valence-corrected chi connectivity index (χ3v) is 6.57. The maximum Gasteiger partial charge on any atom is 0.338 e. The number of anilines is 1. The van der Waals surface area contributed by atoms with Crippen LogP contribution in [0.3, 0.4) is 0 Å². The van der Waals surface area contributed by atoms with Crippen LogP contribution in [-0.2, 0) is 20.9 Å². The van der Waals surface area contributed by atoms with Crippen molar-refractivity contribution in [2.24, 2.45) is 0 Å². The average Bonchev–Trinajstić information content (AvgIpc) is 3.25. The number of imidazole rings is 1. The highest BCUT2D eigenvalue weighted by Crippen LogP contribution is 2.39. The van der Waals surface area contributed by atoms with E-state index in [-0.39, 0.29) is 18.2 Å². The number of rotatable bonds is 8. The molecule has 2 aliphatic rings. The molecule has 1 unspecified atom stereocenters. The molecule has 36 heavy (non-hydrogen) atoms. The fourth-order valence-corrected chi connectivity index (χ4v) is 4.82. The zero-order valence-corrected chi connectivity index (χ0v) is 20.9. The van der Waals surface area contributed by atoms with Crippen molar-refractivity contribution in [2.75, 3.05) is 38.1 Å². The minimum atomic E-state index is -0.634. The number of nitro benzene ring substituents is 1. The number of ether oxygens (including phenoxy) is 1. The lowest BCUT2D eigenvalue weighted by Crippen LogP contribution is -2.48. The topological polar surface area (TPSA) is 123 Å². The van der Waals surface area contributed by atoms with E-state index >= 15 is 0 Å². The molecule has 0 spiro atoms. The summed E-state index contributed by atoms with van der Waals surface area (Å²) in [4.78, 5) is 45.1. The Morgan fingerprint density at radius 3 is 2.64 bits per heavy atom. The molecule has 2 aromatic rings. The Hall–Kier alpha value is -3.73. The van der Waals surface area contributed by atoms with Gasteiger partial charge in [0.25, 0.3) is 5.69 Å². The molecule has 11 heteroatoms. The number of nitrogens with zero attached hydrogens (tertiary/aromatic N) is 5. The number of allylic oxidation sites excluding steroid dienone is 1. The summed E-state index contributed by atoms with van der Waals surface area (Å²) in [5.74, 6) is 0.268. The first-order valence-electron chi connectivity index (χ1n) is 12.3. The van der Waals surface area contributed by atoms with Gasteiger partial charge < -0.3 is 19.5 Å². The Bertz CT molecular complexity index is 1180. The summed E-state index contributed by atoms with van der Waals surface area (Å²) in [5, 5.41) is 14.7. The van der Waals surface area contributed by atoms with Crippen molar-refractivity contribution < 1.29 is 19.2 Å². The van der Waals surface area contributed by atoms with Crippen LogP contribution in [0.4, 0.5) is 11.6 Å². The van der Waals surface area contributed by atoms with Gasteiger partial charge in [-0.1, -0.05) is 19.1 Å². The van der Waals surface area contributed by atoms with Crippen LogP contribution in [-0.4, -0.2) is 68.9 Å². The SMILES string of the molecule is CCCC(=O)N1CCN(Cc2cnc3n2C(c2cccc([N+](=O)[O-])c2)C(C(=O)OCC)=C(C)N3)CC1. The van der Waals surface area contributed by atoms with Crippen molar-refractivity contribution in [1.82, 2.24) is 19.4 Å². The van der Waals surface area contributed by atoms with Crippen molar-refractivity contribution in [3.63, 3.8) is 0 Å². The molecule has 1 amide bonds. The molecular formula is C25H32N6O5. The molecule has 0 bridgehead atoms. The second-order valence-electron chi connectivity index (χ2n) is 8.99. The van der Waals surface area contributed by atoms with Gasteiger partial charge in [0.15, 0.2) is 0 Å². The maximum absolute atomic E-state index is 13.1. The largest absolute Gasteiger partial charge is 0.463 e. The number of nitro groups is 1. The van der Waals surface area contributed by atoms with E-state index in [9.17, 15) is 19.7 Å². The van der Waals surface area contributed by atoms with Crippen LogP contribution in [0.2, 0.25) is 0 Å². The van der Waals surface area contributed by atoms with Crippen LogP contribution in [0, 0.1) is 10.1 Å². The first kappa shape index (κ1) is 25.4. The summed E-state index contributed by atoms with van der Waals surface area (Å²) in [7, 11) is 0. The normalized spacial score (nSPS) is 18.0. The van der Waals surface area contributed by atoms with E-state index in [1.54, 1.807) is 32.2 Å². The van der Waals surface area contributed by atoms with Gasteiger partial charge in [0.05, 0.1) is 35.0 Å². The Kier molecular flexibility index (Phi) is 7.68. The minimum absolute atomic E-state index is 0.0528. The van der Waals surface area contributed by atoms with E-state index in [0.29, 0.717) is 48.8 Å². The van der Waals surface area contributed by atoms with Gasteiger partial charge in [0.2, 0.25) is 11.9 Å². The predicted octanol–water partition coefficient (Wildman–Crippen LogP) is 3.09. The van der Waals surface area contributed by atoms with Crippen LogP contribution >= 0.6 is 0 Å². The van der Waals surface area contributed by atoms with Crippen LogP contribution in [0.15, 0.2) is 41.7 Å². The molecule has 3 heterocycles. The number of carbonyl (C=O) groups is 2. The van der Waals surface area contributed by atoms with Crippen molar-refractivity contribution >= 4 is 23.5 Å². The highest BCUT2D eigenvalue weighted by Gasteiger charge is 2.36. The van der Waals surface area contributed by atoms with Crippen molar-refractivity contribution in [1.29, 1.82) is 0 Å². The molecule has 1 aromatic heterocycles. The second-order valence-corrected chi connectivity index (χ2v) is 8.99. The summed E-state index contributed by atoms with van der Waals surface area (Å²) >= 11 is 0. The van der Waals surface area contributed by atoms with Gasteiger partial charge in [-0.15, -0.1) is 0 Å². The van der Waals surface area contributed by atoms with Gasteiger partial charge in [-0.2, -0.15) is 0 Å². The molecule has 4 rings (SSSR count). The number of piperazine rings is 1. The lowest BCUT2D eigenvalue weighted by Gasteiger charge is -2.36. The Balaban J connectivity index is 1.67. The number of hydrogen-bond donors (Lipinski definition) is 1. The first-order valence-corrected chi connectivity index (χ1v) is 12.3. The Morgan fingerprint density at radius 1 is 1.22 bits per heavy atom. The number of amides is 1. The maximum atomic E-state index is 13.1. The number of fused-ring (bicyclic) bond motifs is 1. The molecule has 0 saturated carbocycles. The third-order valence-electron chi connectivity index (χ3n) is 6.57. The van der Waals surface area contributed by atoms with E-state index in [2.05, 4.69) is 15.2 Å². The average molecular weight is 497 g/mol. The fourth-order valence-electron chi connectivity index (χ4n) is 4.82. The van der Waals surface area contributed by atoms with Crippen LogP contribution in [0.25, 0.3) is 0 Å². The predicted molar refractivity (Wildman–Crippen MR) is 133 cm³/mol. The van der Waals surface area contributed by atoms with E-state index in [1.165, 1.54) is 12.1 Å². The highest BCUT2D eigenvalue weighted by molar-refractivity contribution is 5.92. The summed E-state index contributed by atoms with van der Waals surface area (Å²) in [6.07, 6.45) is 3.17. The standard InChI is InChI=1S/C25H32N6O5/c1-4-7-21(32)29-12-10-28(11-13-29)16-20-15-26-25-27-17(3)22(24(33)36-5-2)23(30(20)25)18-8-6-9-19(14-18)31(34)35/h6,8-9,14-15,23H,4-5,7,10-13,16H2,1-3H3,(H,26,27). The van der Waals surface area contributed by atoms with Gasteiger partial charge in [-0.25, -0.2) is 9.78 Å². The van der Waals surface area contributed by atoms with Crippen molar-refractivity contribution in [3.8, 4) is 0 Å². The zero-order valence-electron chi connectivity index (χ0n) is 20.9. The second kappa shape index (κ2) is 10.9. The number of hydrogen-bond acceptors (Lipinski definition) is 8.